The fourth-order valence-electron chi connectivity index (χ4n) is 5.60. The van der Waals surface area contributed by atoms with E-state index in [1.165, 1.54) is 11.1 Å². The number of rotatable bonds is 8. The number of hydrogen-bond acceptors (Lipinski definition) is 7. The van der Waals surface area contributed by atoms with Gasteiger partial charge in [0.15, 0.2) is 11.6 Å². The Morgan fingerprint density at radius 2 is 1.53 bits per heavy atom. The number of nitriles is 1. The van der Waals surface area contributed by atoms with Crippen molar-refractivity contribution in [2.45, 2.75) is 13.1 Å². The highest BCUT2D eigenvalue weighted by molar-refractivity contribution is 5.96. The molecule has 0 radical (unpaired) electrons. The third-order valence-electron chi connectivity index (χ3n) is 7.85. The average molecular weight is 604 g/mol. The first kappa shape index (κ1) is 29.0. The monoisotopic (exact) mass is 603 g/mol. The number of carboxylic acid groups (broad SMARTS) is 1. The van der Waals surface area contributed by atoms with Crippen LogP contribution in [-0.4, -0.2) is 62.3 Å². The van der Waals surface area contributed by atoms with E-state index in [1.54, 1.807) is 57.7 Å². The van der Waals surface area contributed by atoms with Gasteiger partial charge in [0.1, 0.15) is 16.8 Å². The number of nitrogens with two attached hydrogens (primary N) is 1. The van der Waals surface area contributed by atoms with E-state index in [1.807, 2.05) is 35.2 Å². The van der Waals surface area contributed by atoms with Crippen molar-refractivity contribution in [2.24, 2.45) is 5.73 Å². The molecule has 226 valence electrons. The lowest BCUT2D eigenvalue weighted by atomic mass is 10.1. The second-order valence-corrected chi connectivity index (χ2v) is 10.6. The lowest BCUT2D eigenvalue weighted by molar-refractivity contribution is 0.0998. The fourth-order valence-corrected chi connectivity index (χ4v) is 5.60. The van der Waals surface area contributed by atoms with Gasteiger partial charge in [0.05, 0.1) is 36.5 Å². The minimum atomic E-state index is -0.993. The maximum absolute atomic E-state index is 14.4. The number of hydrogen-bond donors (Lipinski definition) is 2. The van der Waals surface area contributed by atoms with E-state index in [0.717, 1.165) is 5.56 Å². The molecule has 0 unspecified atom stereocenters. The molecule has 12 nitrogen and oxygen atoms in total. The van der Waals surface area contributed by atoms with Crippen LogP contribution in [0, 0.1) is 11.3 Å². The van der Waals surface area contributed by atoms with Gasteiger partial charge in [-0.05, 0) is 29.3 Å². The summed E-state index contributed by atoms with van der Waals surface area (Å²) in [5.41, 5.74) is 8.27. The lowest BCUT2D eigenvalue weighted by Crippen LogP contribution is -2.48. The van der Waals surface area contributed by atoms with Crippen LogP contribution in [0.15, 0.2) is 89.9 Å². The van der Waals surface area contributed by atoms with Gasteiger partial charge in [0.2, 0.25) is 0 Å². The smallest absolute Gasteiger partial charge is 0.407 e. The van der Waals surface area contributed by atoms with Crippen LogP contribution < -0.4 is 21.1 Å². The zero-order valence-corrected chi connectivity index (χ0v) is 24.2. The molecule has 0 bridgehead atoms. The SMILES string of the molecule is N#Cc1ccccc1Cn1c(=O)n(Cc2ccccc2)c2c(N3CCN(C(=O)O)CC3)ncc(Oc3ccccc3C(N)=O)c21. The zero-order chi connectivity index (χ0) is 31.5. The summed E-state index contributed by atoms with van der Waals surface area (Å²) < 4.78 is 9.50. The third kappa shape index (κ3) is 5.66. The van der Waals surface area contributed by atoms with Crippen LogP contribution in [0.4, 0.5) is 10.6 Å². The molecular formula is C33H29N7O5. The molecule has 45 heavy (non-hydrogen) atoms. The van der Waals surface area contributed by atoms with E-state index in [9.17, 15) is 24.8 Å². The number of amides is 2. The molecule has 0 atom stereocenters. The molecule has 2 aromatic heterocycles. The third-order valence-corrected chi connectivity index (χ3v) is 7.85. The van der Waals surface area contributed by atoms with Gasteiger partial charge in [-0.3, -0.25) is 13.9 Å². The van der Waals surface area contributed by atoms with Crippen molar-refractivity contribution in [1.29, 1.82) is 5.26 Å². The van der Waals surface area contributed by atoms with Crippen molar-refractivity contribution >= 4 is 28.9 Å². The summed E-state index contributed by atoms with van der Waals surface area (Å²) in [4.78, 5) is 46.3. The molecule has 2 amide bonds. The van der Waals surface area contributed by atoms with E-state index < -0.39 is 12.0 Å². The number of para-hydroxylation sites is 1. The van der Waals surface area contributed by atoms with Crippen molar-refractivity contribution in [3.8, 4) is 17.6 Å². The topological polar surface area (TPSA) is 160 Å². The molecule has 5 aromatic rings. The molecule has 0 aliphatic carbocycles. The first-order chi connectivity index (χ1) is 21.9. The van der Waals surface area contributed by atoms with Gasteiger partial charge >= 0.3 is 11.8 Å². The van der Waals surface area contributed by atoms with E-state index in [-0.39, 0.29) is 48.9 Å². The zero-order valence-electron chi connectivity index (χ0n) is 24.2. The van der Waals surface area contributed by atoms with Crippen LogP contribution in [-0.2, 0) is 13.1 Å². The molecule has 1 saturated heterocycles. The summed E-state index contributed by atoms with van der Waals surface area (Å²) in [5.74, 6) is 0.226. The Kier molecular flexibility index (Phi) is 7.90. The summed E-state index contributed by atoms with van der Waals surface area (Å²) >= 11 is 0. The predicted octanol–water partition coefficient (Wildman–Crippen LogP) is 3.86. The molecule has 0 spiro atoms. The summed E-state index contributed by atoms with van der Waals surface area (Å²) in [5, 5.41) is 19.3. The Morgan fingerprint density at radius 1 is 0.867 bits per heavy atom. The summed E-state index contributed by atoms with van der Waals surface area (Å²) in [6.45, 7) is 1.53. The number of benzene rings is 3. The largest absolute Gasteiger partial charge is 0.465 e. The van der Waals surface area contributed by atoms with Crippen LogP contribution in [0.1, 0.15) is 27.0 Å². The van der Waals surface area contributed by atoms with E-state index >= 15 is 0 Å². The number of pyridine rings is 1. The number of aromatic nitrogens is 3. The van der Waals surface area contributed by atoms with Gasteiger partial charge in [0.25, 0.3) is 5.91 Å². The Bertz CT molecular complexity index is 2000. The Labute approximate surface area is 257 Å². The summed E-state index contributed by atoms with van der Waals surface area (Å²) in [6, 6.07) is 25.3. The van der Waals surface area contributed by atoms with Crippen molar-refractivity contribution in [3.63, 3.8) is 0 Å². The first-order valence-corrected chi connectivity index (χ1v) is 14.3. The molecule has 12 heteroatoms. The molecule has 1 aliphatic heterocycles. The van der Waals surface area contributed by atoms with Gasteiger partial charge < -0.3 is 25.4 Å². The van der Waals surface area contributed by atoms with Crippen molar-refractivity contribution < 1.29 is 19.4 Å². The highest BCUT2D eigenvalue weighted by atomic mass is 16.5. The number of fused-ring (bicyclic) bond motifs is 1. The minimum absolute atomic E-state index is 0.0604. The number of primary amides is 1. The van der Waals surface area contributed by atoms with Gasteiger partial charge in [-0.2, -0.15) is 5.26 Å². The van der Waals surface area contributed by atoms with Crippen LogP contribution in [0.3, 0.4) is 0 Å². The average Bonchev–Trinajstić information content (AvgIpc) is 3.33. The molecule has 0 saturated carbocycles. The van der Waals surface area contributed by atoms with Gasteiger partial charge in [-0.1, -0.05) is 60.7 Å². The highest BCUT2D eigenvalue weighted by Gasteiger charge is 2.29. The van der Waals surface area contributed by atoms with E-state index in [0.29, 0.717) is 41.1 Å². The molecule has 3 N–H and O–H groups in total. The van der Waals surface area contributed by atoms with Crippen LogP contribution in [0.25, 0.3) is 11.0 Å². The molecule has 1 fully saturated rings. The number of carbonyl (C=O) groups is 2. The van der Waals surface area contributed by atoms with Gasteiger partial charge in [0, 0.05) is 26.2 Å². The standard InChI is InChI=1S/C33H29N7O5/c34-18-23-10-4-5-11-24(23)21-40-28-27(45-26-13-7-6-12-25(26)30(35)41)19-36-31(37-14-16-38(17-15-37)33(43)44)29(28)39(32(40)42)20-22-8-2-1-3-9-22/h1-13,19H,14-17,20-21H2,(H2,35,41)(H,43,44). The number of ether oxygens (including phenoxy) is 1. The Hall–Kier alpha value is -6.09. The number of piperazine rings is 1. The first-order valence-electron chi connectivity index (χ1n) is 14.3. The lowest BCUT2D eigenvalue weighted by Gasteiger charge is -2.34. The maximum Gasteiger partial charge on any atom is 0.407 e. The molecule has 1 aliphatic rings. The highest BCUT2D eigenvalue weighted by Crippen LogP contribution is 2.36. The van der Waals surface area contributed by atoms with Crippen molar-refractivity contribution in [2.75, 3.05) is 31.1 Å². The maximum atomic E-state index is 14.4. The molecule has 3 aromatic carbocycles. The minimum Gasteiger partial charge on any atom is -0.465 e. The summed E-state index contributed by atoms with van der Waals surface area (Å²) in [7, 11) is 0. The van der Waals surface area contributed by atoms with Crippen molar-refractivity contribution in [1.82, 2.24) is 19.0 Å². The van der Waals surface area contributed by atoms with E-state index in [2.05, 4.69) is 6.07 Å². The second-order valence-electron chi connectivity index (χ2n) is 10.6. The molecule has 6 rings (SSSR count). The molecule has 3 heterocycles. The Balaban J connectivity index is 1.60. The number of imidazole rings is 1. The van der Waals surface area contributed by atoms with Gasteiger partial charge in [-0.25, -0.2) is 14.6 Å². The number of carbonyl (C=O) groups excluding carboxylic acids is 1. The van der Waals surface area contributed by atoms with Crippen LogP contribution >= 0.6 is 0 Å². The predicted molar refractivity (Wildman–Crippen MR) is 167 cm³/mol. The van der Waals surface area contributed by atoms with Crippen molar-refractivity contribution in [3.05, 3.63) is 118 Å². The second kappa shape index (κ2) is 12.3. The molecular weight excluding hydrogens is 574 g/mol. The van der Waals surface area contributed by atoms with Crippen LogP contribution in [0.5, 0.6) is 11.5 Å². The fraction of sp³-hybridized carbons (Fsp3) is 0.182. The quantitative estimate of drug-likeness (QED) is 0.270. The summed E-state index contributed by atoms with van der Waals surface area (Å²) in [6.07, 6.45) is 0.505. The van der Waals surface area contributed by atoms with Crippen LogP contribution in [0.2, 0.25) is 0 Å². The number of anilines is 1. The number of nitrogens with zero attached hydrogens (tertiary/aromatic N) is 6. The Morgan fingerprint density at radius 3 is 2.24 bits per heavy atom. The van der Waals surface area contributed by atoms with E-state index in [4.69, 9.17) is 15.5 Å². The van der Waals surface area contributed by atoms with Gasteiger partial charge in [-0.15, -0.1) is 0 Å². The normalized spacial score (nSPS) is 13.0.